The fourth-order valence-electron chi connectivity index (χ4n) is 0. The average molecular weight is 158 g/mol. The van der Waals surface area contributed by atoms with E-state index in [2.05, 4.69) is 0 Å². The van der Waals surface area contributed by atoms with E-state index in [0.29, 0.717) is 0 Å². The molecule has 0 bridgehead atoms. The fraction of sp³-hybridized carbons (Fsp3) is 0. The largest absolute Gasteiger partial charge is 2.00 e. The SMILES string of the molecule is [K+].[K+].[O-2].[SiH4].[SiH4]. The van der Waals surface area contributed by atoms with Crippen LogP contribution in [0.5, 0.6) is 0 Å². The maximum Gasteiger partial charge on any atom is 1.00 e. The molecule has 0 saturated carbocycles. The van der Waals surface area contributed by atoms with Crippen LogP contribution in [-0.2, 0) is 5.48 Å². The molecule has 5 heavy (non-hydrogen) atoms. The molecule has 0 aliphatic rings. The van der Waals surface area contributed by atoms with Gasteiger partial charge in [0, 0.05) is 0 Å². The Balaban J connectivity index is 0. The zero-order valence-corrected chi connectivity index (χ0v) is 8.65. The van der Waals surface area contributed by atoms with Crippen LogP contribution in [0.25, 0.3) is 0 Å². The van der Waals surface area contributed by atoms with Gasteiger partial charge in [0.05, 0.1) is 0 Å². The van der Waals surface area contributed by atoms with E-state index in [-0.39, 0.29) is 130 Å². The summed E-state index contributed by atoms with van der Waals surface area (Å²) in [7, 11) is 0. The van der Waals surface area contributed by atoms with Gasteiger partial charge in [0.1, 0.15) is 0 Å². The van der Waals surface area contributed by atoms with Crippen molar-refractivity contribution in [3.8, 4) is 0 Å². The summed E-state index contributed by atoms with van der Waals surface area (Å²) in [6.45, 7) is 0. The third-order valence-corrected chi connectivity index (χ3v) is 0. The van der Waals surface area contributed by atoms with Crippen molar-refractivity contribution in [3.05, 3.63) is 0 Å². The van der Waals surface area contributed by atoms with Crippen LogP contribution in [-0.4, -0.2) is 21.9 Å². The minimum atomic E-state index is 0. The Labute approximate surface area is 126 Å². The van der Waals surface area contributed by atoms with E-state index in [9.17, 15) is 0 Å². The predicted molar refractivity (Wildman–Crippen MR) is 23.4 cm³/mol. The van der Waals surface area contributed by atoms with Crippen LogP contribution in [0, 0.1) is 0 Å². The number of rotatable bonds is 0. The summed E-state index contributed by atoms with van der Waals surface area (Å²) < 4.78 is 0. The maximum absolute atomic E-state index is 0. The maximum atomic E-state index is 0. The molecular weight excluding hydrogens is 150 g/mol. The number of hydrogen-bond acceptors (Lipinski definition) is 0. The van der Waals surface area contributed by atoms with E-state index in [4.69, 9.17) is 0 Å². The second-order valence-corrected chi connectivity index (χ2v) is 0. The molecule has 0 spiro atoms. The standard InChI is InChI=1S/2K.O.2H4Si/h;;;2*1H4/q2*+1;-2;;. The van der Waals surface area contributed by atoms with E-state index >= 15 is 0 Å². The molecule has 0 aliphatic carbocycles. The molecule has 0 radical (unpaired) electrons. The first kappa shape index (κ1) is 37.9. The van der Waals surface area contributed by atoms with E-state index in [0.717, 1.165) is 0 Å². The monoisotopic (exact) mass is 158 g/mol. The normalized spacial score (nSPS) is 0. The van der Waals surface area contributed by atoms with Gasteiger partial charge in [-0.1, -0.05) is 0 Å². The molecule has 0 saturated heterocycles. The van der Waals surface area contributed by atoms with Gasteiger partial charge in [0.25, 0.3) is 0 Å². The summed E-state index contributed by atoms with van der Waals surface area (Å²) in [5.74, 6) is 0. The third kappa shape index (κ3) is 18.3. The van der Waals surface area contributed by atoms with E-state index in [1.165, 1.54) is 0 Å². The van der Waals surface area contributed by atoms with Gasteiger partial charge in [-0.05, 0) is 21.9 Å². The van der Waals surface area contributed by atoms with Gasteiger partial charge < -0.3 is 5.48 Å². The molecule has 0 rings (SSSR count). The van der Waals surface area contributed by atoms with Crippen LogP contribution in [0.4, 0.5) is 0 Å². The topological polar surface area (TPSA) is 28.5 Å². The molecule has 0 amide bonds. The summed E-state index contributed by atoms with van der Waals surface area (Å²) in [4.78, 5) is 0. The molecule has 5 heteroatoms. The molecule has 0 aromatic heterocycles. The van der Waals surface area contributed by atoms with Crippen molar-refractivity contribution in [1.29, 1.82) is 0 Å². The van der Waals surface area contributed by atoms with E-state index in [1.54, 1.807) is 0 Å². The fourth-order valence-corrected chi connectivity index (χ4v) is 0. The molecule has 0 heterocycles. The van der Waals surface area contributed by atoms with Gasteiger partial charge in [-0.15, -0.1) is 0 Å². The molecule has 0 aromatic carbocycles. The van der Waals surface area contributed by atoms with Crippen molar-refractivity contribution in [3.63, 3.8) is 0 Å². The van der Waals surface area contributed by atoms with Crippen molar-refractivity contribution in [1.82, 2.24) is 0 Å². The first-order valence-corrected chi connectivity index (χ1v) is 0. The predicted octanol–water partition coefficient (Wildman–Crippen LogP) is -9.01. The van der Waals surface area contributed by atoms with Crippen molar-refractivity contribution in [2.45, 2.75) is 0 Å². The Kier molecular flexibility index (Phi) is 192. The van der Waals surface area contributed by atoms with Crippen molar-refractivity contribution >= 4 is 21.9 Å². The Morgan fingerprint density at radius 1 is 0.600 bits per heavy atom. The van der Waals surface area contributed by atoms with Gasteiger partial charge in [-0.25, -0.2) is 0 Å². The zero-order valence-electron chi connectivity index (χ0n) is 2.41. The van der Waals surface area contributed by atoms with Crippen molar-refractivity contribution < 1.29 is 108 Å². The van der Waals surface area contributed by atoms with Crippen LogP contribution in [0.2, 0.25) is 0 Å². The third-order valence-electron chi connectivity index (χ3n) is 0. The molecule has 0 unspecified atom stereocenters. The van der Waals surface area contributed by atoms with Crippen LogP contribution < -0.4 is 103 Å². The summed E-state index contributed by atoms with van der Waals surface area (Å²) in [6, 6.07) is 0. The summed E-state index contributed by atoms with van der Waals surface area (Å²) >= 11 is 0. The van der Waals surface area contributed by atoms with E-state index in [1.807, 2.05) is 0 Å². The van der Waals surface area contributed by atoms with Crippen molar-refractivity contribution in [2.75, 3.05) is 0 Å². The quantitative estimate of drug-likeness (QED) is 0.313. The van der Waals surface area contributed by atoms with Crippen molar-refractivity contribution in [2.24, 2.45) is 0 Å². The second kappa shape index (κ2) is 25.3. The number of hydrogen-bond donors (Lipinski definition) is 0. The Bertz CT molecular complexity index is 7.61. The minimum Gasteiger partial charge on any atom is -2.00 e. The second-order valence-electron chi connectivity index (χ2n) is 0. The van der Waals surface area contributed by atoms with Crippen LogP contribution in [0.1, 0.15) is 0 Å². The molecular formula is H8K2OSi2. The molecule has 1 nitrogen and oxygen atoms in total. The average Bonchev–Trinajstić information content (AvgIpc) is 0. The molecule has 0 N–H and O–H groups in total. The summed E-state index contributed by atoms with van der Waals surface area (Å²) in [5.41, 5.74) is 0. The molecule has 0 fully saturated rings. The summed E-state index contributed by atoms with van der Waals surface area (Å²) in [6.07, 6.45) is 0. The molecule has 24 valence electrons. The molecule has 0 aromatic rings. The molecule has 0 aliphatic heterocycles. The van der Waals surface area contributed by atoms with Gasteiger partial charge in [-0.3, -0.25) is 0 Å². The van der Waals surface area contributed by atoms with Gasteiger partial charge >= 0.3 is 103 Å². The smallest absolute Gasteiger partial charge is 1.00 e. The summed E-state index contributed by atoms with van der Waals surface area (Å²) in [5, 5.41) is 0. The van der Waals surface area contributed by atoms with Crippen LogP contribution in [0.3, 0.4) is 0 Å². The first-order chi connectivity index (χ1) is 0. The zero-order chi connectivity index (χ0) is 0. The van der Waals surface area contributed by atoms with E-state index < -0.39 is 0 Å². The Morgan fingerprint density at radius 3 is 0.600 bits per heavy atom. The minimum absolute atomic E-state index is 0. The van der Waals surface area contributed by atoms with Gasteiger partial charge in [0.15, 0.2) is 0 Å². The first-order valence-electron chi connectivity index (χ1n) is 0. The van der Waals surface area contributed by atoms with Gasteiger partial charge in [0.2, 0.25) is 0 Å². The van der Waals surface area contributed by atoms with Crippen LogP contribution in [0.15, 0.2) is 0 Å². The van der Waals surface area contributed by atoms with Crippen LogP contribution >= 0.6 is 0 Å². The Morgan fingerprint density at radius 2 is 0.600 bits per heavy atom. The Hall–Kier alpha value is 3.67. The van der Waals surface area contributed by atoms with Gasteiger partial charge in [-0.2, -0.15) is 0 Å². The molecule has 0 atom stereocenters.